The van der Waals surface area contributed by atoms with Gasteiger partial charge in [-0.05, 0) is 44.9 Å². The molecule has 2 nitrogen and oxygen atoms in total. The van der Waals surface area contributed by atoms with Crippen molar-refractivity contribution in [3.63, 3.8) is 0 Å². The van der Waals surface area contributed by atoms with Crippen LogP contribution in [0.3, 0.4) is 0 Å². The van der Waals surface area contributed by atoms with E-state index in [1.807, 2.05) is 6.07 Å². The fourth-order valence-electron chi connectivity index (χ4n) is 3.23. The molecule has 0 radical (unpaired) electrons. The van der Waals surface area contributed by atoms with Gasteiger partial charge < -0.3 is 4.74 Å². The molecule has 0 fully saturated rings. The fraction of sp³-hybridized carbons (Fsp3) is 0.368. The van der Waals surface area contributed by atoms with Crippen LogP contribution in [0.1, 0.15) is 49.5 Å². The van der Waals surface area contributed by atoms with Gasteiger partial charge in [-0.3, -0.25) is 5.32 Å². The van der Waals surface area contributed by atoms with E-state index in [2.05, 4.69) is 75.5 Å². The van der Waals surface area contributed by atoms with Crippen LogP contribution in [0.5, 0.6) is 5.75 Å². The minimum Gasteiger partial charge on any atom is -0.486 e. The molecule has 0 spiro atoms. The van der Waals surface area contributed by atoms with Crippen molar-refractivity contribution < 1.29 is 4.74 Å². The van der Waals surface area contributed by atoms with E-state index in [4.69, 9.17) is 4.74 Å². The van der Waals surface area contributed by atoms with Crippen LogP contribution in [0.2, 0.25) is 0 Å². The van der Waals surface area contributed by atoms with Crippen molar-refractivity contribution in [1.29, 1.82) is 0 Å². The molecule has 21 heavy (non-hydrogen) atoms. The van der Waals surface area contributed by atoms with Crippen molar-refractivity contribution in [1.82, 2.24) is 5.32 Å². The van der Waals surface area contributed by atoms with Crippen molar-refractivity contribution in [2.45, 2.75) is 45.4 Å². The molecule has 1 N–H and O–H groups in total. The van der Waals surface area contributed by atoms with Crippen LogP contribution in [0.25, 0.3) is 0 Å². The molecule has 1 heterocycles. The Kier molecular flexibility index (Phi) is 3.50. The quantitative estimate of drug-likeness (QED) is 0.890. The molecular formula is C19H23NO. The molecule has 1 aliphatic rings. The molecular weight excluding hydrogens is 258 g/mol. The van der Waals surface area contributed by atoms with Gasteiger partial charge >= 0.3 is 0 Å². The van der Waals surface area contributed by atoms with Crippen molar-refractivity contribution in [3.05, 3.63) is 65.2 Å². The first-order chi connectivity index (χ1) is 9.99. The molecule has 0 amide bonds. The lowest BCUT2D eigenvalue weighted by molar-refractivity contribution is 0.0919. The van der Waals surface area contributed by atoms with Gasteiger partial charge in [-0.2, -0.15) is 0 Å². The van der Waals surface area contributed by atoms with E-state index >= 15 is 0 Å². The molecule has 2 heteroatoms. The zero-order chi connectivity index (χ0) is 15.0. The molecule has 1 aliphatic heterocycles. The number of hydrogen-bond acceptors (Lipinski definition) is 2. The van der Waals surface area contributed by atoms with Crippen molar-refractivity contribution >= 4 is 0 Å². The lowest BCUT2D eigenvalue weighted by Crippen LogP contribution is -2.40. The molecule has 3 rings (SSSR count). The van der Waals surface area contributed by atoms with Gasteiger partial charge in [0.1, 0.15) is 11.4 Å². The number of fused-ring (bicyclic) bond motifs is 1. The zero-order valence-electron chi connectivity index (χ0n) is 13.2. The minimum absolute atomic E-state index is 0.198. The second kappa shape index (κ2) is 5.19. The third kappa shape index (κ3) is 2.56. The Morgan fingerprint density at radius 3 is 2.48 bits per heavy atom. The fourth-order valence-corrected chi connectivity index (χ4v) is 3.23. The SMILES string of the molecule is Cc1ccccc1[C@H](C)NC1c2ccccc2OC1(C)C. The predicted octanol–water partition coefficient (Wildman–Crippen LogP) is 4.56. The van der Waals surface area contributed by atoms with E-state index in [1.54, 1.807) is 0 Å². The van der Waals surface area contributed by atoms with Gasteiger partial charge in [0.15, 0.2) is 0 Å². The van der Waals surface area contributed by atoms with Gasteiger partial charge in [-0.1, -0.05) is 42.5 Å². The van der Waals surface area contributed by atoms with Gasteiger partial charge in [0.25, 0.3) is 0 Å². The summed E-state index contributed by atoms with van der Waals surface area (Å²) < 4.78 is 6.11. The average molecular weight is 281 g/mol. The van der Waals surface area contributed by atoms with Crippen molar-refractivity contribution in [2.24, 2.45) is 0 Å². The average Bonchev–Trinajstić information content (AvgIpc) is 2.70. The highest BCUT2D eigenvalue weighted by atomic mass is 16.5. The van der Waals surface area contributed by atoms with Crippen LogP contribution < -0.4 is 10.1 Å². The predicted molar refractivity (Wildman–Crippen MR) is 86.6 cm³/mol. The Balaban J connectivity index is 1.89. The van der Waals surface area contributed by atoms with E-state index in [1.165, 1.54) is 16.7 Å². The second-order valence-corrected chi connectivity index (χ2v) is 6.42. The van der Waals surface area contributed by atoms with Gasteiger partial charge in [0, 0.05) is 11.6 Å². The van der Waals surface area contributed by atoms with E-state index in [-0.39, 0.29) is 17.7 Å². The van der Waals surface area contributed by atoms with Crippen LogP contribution in [0.15, 0.2) is 48.5 Å². The Bertz CT molecular complexity index is 648. The highest BCUT2D eigenvalue weighted by molar-refractivity contribution is 5.42. The van der Waals surface area contributed by atoms with Crippen molar-refractivity contribution in [2.75, 3.05) is 0 Å². The number of nitrogens with one attached hydrogen (secondary N) is 1. The molecule has 110 valence electrons. The standard InChI is InChI=1S/C19H23NO/c1-13-9-5-6-10-15(13)14(2)20-18-16-11-7-8-12-17(16)21-19(18,3)4/h5-12,14,18,20H,1-4H3/t14-,18?/m0/s1. The maximum atomic E-state index is 6.11. The third-order valence-electron chi connectivity index (χ3n) is 4.37. The van der Waals surface area contributed by atoms with Crippen LogP contribution in [-0.2, 0) is 0 Å². The summed E-state index contributed by atoms with van der Waals surface area (Å²) in [7, 11) is 0. The number of aryl methyl sites for hydroxylation is 1. The summed E-state index contributed by atoms with van der Waals surface area (Å²) in [6, 6.07) is 17.4. The zero-order valence-corrected chi connectivity index (χ0v) is 13.2. The number of ether oxygens (including phenoxy) is 1. The van der Waals surface area contributed by atoms with Crippen LogP contribution in [-0.4, -0.2) is 5.60 Å². The monoisotopic (exact) mass is 281 g/mol. The maximum Gasteiger partial charge on any atom is 0.125 e. The Morgan fingerprint density at radius 2 is 1.71 bits per heavy atom. The van der Waals surface area contributed by atoms with Crippen LogP contribution >= 0.6 is 0 Å². The van der Waals surface area contributed by atoms with Gasteiger partial charge in [-0.25, -0.2) is 0 Å². The number of para-hydroxylation sites is 1. The summed E-state index contributed by atoms with van der Waals surface area (Å²) in [6.07, 6.45) is 0. The Morgan fingerprint density at radius 1 is 1.05 bits per heavy atom. The van der Waals surface area contributed by atoms with Crippen molar-refractivity contribution in [3.8, 4) is 5.75 Å². The lowest BCUT2D eigenvalue weighted by Gasteiger charge is -2.30. The van der Waals surface area contributed by atoms with E-state index < -0.39 is 0 Å². The summed E-state index contributed by atoms with van der Waals surface area (Å²) in [6.45, 7) is 8.68. The number of rotatable bonds is 3. The molecule has 0 aromatic heterocycles. The smallest absolute Gasteiger partial charge is 0.125 e. The number of hydrogen-bond donors (Lipinski definition) is 1. The molecule has 0 saturated heterocycles. The van der Waals surface area contributed by atoms with Gasteiger partial charge in [0.2, 0.25) is 0 Å². The molecule has 2 atom stereocenters. The van der Waals surface area contributed by atoms with E-state index in [9.17, 15) is 0 Å². The first kappa shape index (κ1) is 14.2. The summed E-state index contributed by atoms with van der Waals surface area (Å²) in [4.78, 5) is 0. The molecule has 0 aliphatic carbocycles. The largest absolute Gasteiger partial charge is 0.486 e. The summed E-state index contributed by atoms with van der Waals surface area (Å²) >= 11 is 0. The van der Waals surface area contributed by atoms with E-state index in [0.29, 0.717) is 0 Å². The first-order valence-corrected chi connectivity index (χ1v) is 7.58. The Labute approximate surface area is 127 Å². The van der Waals surface area contributed by atoms with Crippen LogP contribution in [0, 0.1) is 6.92 Å². The highest BCUT2D eigenvalue weighted by Gasteiger charge is 2.41. The minimum atomic E-state index is -0.235. The molecule has 0 saturated carbocycles. The summed E-state index contributed by atoms with van der Waals surface area (Å²) in [5.41, 5.74) is 3.68. The normalized spacial score (nSPS) is 20.7. The van der Waals surface area contributed by atoms with Gasteiger partial charge in [-0.15, -0.1) is 0 Å². The van der Waals surface area contributed by atoms with Gasteiger partial charge in [0.05, 0.1) is 6.04 Å². The maximum absolute atomic E-state index is 6.11. The third-order valence-corrected chi connectivity index (χ3v) is 4.37. The second-order valence-electron chi connectivity index (χ2n) is 6.42. The summed E-state index contributed by atoms with van der Waals surface area (Å²) in [5.74, 6) is 0.997. The van der Waals surface area contributed by atoms with E-state index in [0.717, 1.165) is 5.75 Å². The Hall–Kier alpha value is -1.80. The van der Waals surface area contributed by atoms with Crippen LogP contribution in [0.4, 0.5) is 0 Å². The molecule has 2 aromatic carbocycles. The molecule has 0 bridgehead atoms. The molecule has 1 unspecified atom stereocenters. The topological polar surface area (TPSA) is 21.3 Å². The molecule has 2 aromatic rings. The highest BCUT2D eigenvalue weighted by Crippen LogP contribution is 2.43. The summed E-state index contributed by atoms with van der Waals surface area (Å²) in [5, 5.41) is 3.76. The lowest BCUT2D eigenvalue weighted by atomic mass is 9.92. The number of benzene rings is 2. The first-order valence-electron chi connectivity index (χ1n) is 7.58.